The van der Waals surface area contributed by atoms with Crippen molar-refractivity contribution in [2.45, 2.75) is 50.7 Å². The zero-order chi connectivity index (χ0) is 20.1. The number of hydrogen-bond acceptors (Lipinski definition) is 5. The number of thiazole rings is 1. The summed E-state index contributed by atoms with van der Waals surface area (Å²) in [6.45, 7) is 5.95. The summed E-state index contributed by atoms with van der Waals surface area (Å²) < 4.78 is 27.2. The lowest BCUT2D eigenvalue weighted by molar-refractivity contribution is 0.471. The molecule has 7 nitrogen and oxygen atoms in total. The van der Waals surface area contributed by atoms with Crippen LogP contribution in [0.5, 0.6) is 0 Å². The van der Waals surface area contributed by atoms with Crippen LogP contribution in [-0.4, -0.2) is 43.9 Å². The third-order valence-corrected chi connectivity index (χ3v) is 6.67. The summed E-state index contributed by atoms with van der Waals surface area (Å²) in [6.07, 6.45) is 1.85. The van der Waals surface area contributed by atoms with Crippen LogP contribution in [0.4, 0.5) is 0 Å². The highest BCUT2D eigenvalue weighted by Crippen LogP contribution is 2.22. The highest BCUT2D eigenvalue weighted by molar-refractivity contribution is 7.89. The minimum atomic E-state index is -3.41. The lowest BCUT2D eigenvalue weighted by atomic mass is 10.2. The Morgan fingerprint density at radius 3 is 2.61 bits per heavy atom. The van der Waals surface area contributed by atoms with Gasteiger partial charge >= 0.3 is 0 Å². The van der Waals surface area contributed by atoms with Crippen LogP contribution in [0.25, 0.3) is 0 Å². The summed E-state index contributed by atoms with van der Waals surface area (Å²) in [5.74, 6) is 0.792. The van der Waals surface area contributed by atoms with Crippen LogP contribution in [0, 0.1) is 6.92 Å². The SMILES string of the molecule is CCNC(=NCc1ccc(S(=O)(=O)NC2CC2)cc1)N(C)Cc1csc(C)n1. The number of nitrogens with one attached hydrogen (secondary N) is 2. The van der Waals surface area contributed by atoms with Gasteiger partial charge in [0.25, 0.3) is 0 Å². The van der Waals surface area contributed by atoms with E-state index < -0.39 is 10.0 Å². The van der Waals surface area contributed by atoms with Gasteiger partial charge < -0.3 is 10.2 Å². The summed E-state index contributed by atoms with van der Waals surface area (Å²) in [5, 5.41) is 6.40. The first-order chi connectivity index (χ1) is 13.4. The fraction of sp³-hybridized carbons (Fsp3) is 0.474. The summed E-state index contributed by atoms with van der Waals surface area (Å²) in [4.78, 5) is 11.5. The Kier molecular flexibility index (Phi) is 6.69. The van der Waals surface area contributed by atoms with Crippen molar-refractivity contribution in [2.24, 2.45) is 4.99 Å². The van der Waals surface area contributed by atoms with Crippen LogP contribution in [0.3, 0.4) is 0 Å². The first kappa shape index (κ1) is 20.8. The number of aryl methyl sites for hydroxylation is 1. The summed E-state index contributed by atoms with van der Waals surface area (Å²) in [7, 11) is -1.43. The number of guanidine groups is 1. The molecular weight excluding hydrogens is 394 g/mol. The van der Waals surface area contributed by atoms with Gasteiger partial charge in [-0.15, -0.1) is 11.3 Å². The summed E-state index contributed by atoms with van der Waals surface area (Å²) in [5.41, 5.74) is 1.98. The van der Waals surface area contributed by atoms with Gasteiger partial charge in [-0.1, -0.05) is 12.1 Å². The molecule has 1 aromatic heterocycles. The number of sulfonamides is 1. The number of hydrogen-bond donors (Lipinski definition) is 2. The van der Waals surface area contributed by atoms with E-state index in [1.807, 2.05) is 37.9 Å². The molecule has 1 aromatic carbocycles. The molecule has 0 saturated heterocycles. The van der Waals surface area contributed by atoms with E-state index in [2.05, 4.69) is 25.4 Å². The zero-order valence-corrected chi connectivity index (χ0v) is 18.1. The van der Waals surface area contributed by atoms with Gasteiger partial charge in [0.1, 0.15) is 0 Å². The molecule has 2 aromatic rings. The molecule has 0 spiro atoms. The highest BCUT2D eigenvalue weighted by atomic mass is 32.2. The van der Waals surface area contributed by atoms with Gasteiger partial charge in [0, 0.05) is 25.0 Å². The van der Waals surface area contributed by atoms with Crippen LogP contribution < -0.4 is 10.0 Å². The average molecular weight is 422 g/mol. The molecule has 1 aliphatic rings. The molecule has 1 saturated carbocycles. The van der Waals surface area contributed by atoms with Crippen molar-refractivity contribution < 1.29 is 8.42 Å². The third-order valence-electron chi connectivity index (χ3n) is 4.31. The highest BCUT2D eigenvalue weighted by Gasteiger charge is 2.27. The van der Waals surface area contributed by atoms with Crippen LogP contribution in [-0.2, 0) is 23.1 Å². The van der Waals surface area contributed by atoms with Crippen LogP contribution >= 0.6 is 11.3 Å². The van der Waals surface area contributed by atoms with Crippen molar-refractivity contribution in [3.8, 4) is 0 Å². The molecule has 3 rings (SSSR count). The first-order valence-electron chi connectivity index (χ1n) is 9.39. The number of aromatic nitrogens is 1. The molecule has 152 valence electrons. The number of benzene rings is 1. The standard InChI is InChI=1S/C19H27N5O2S2/c1-4-20-19(24(3)12-17-13-27-14(2)22-17)21-11-15-5-9-18(10-6-15)28(25,26)23-16-7-8-16/h5-6,9-10,13,16,23H,4,7-8,11-12H2,1-3H3,(H,20,21). The van der Waals surface area contributed by atoms with Crippen molar-refractivity contribution in [1.82, 2.24) is 19.9 Å². The van der Waals surface area contributed by atoms with E-state index in [-0.39, 0.29) is 6.04 Å². The maximum atomic E-state index is 12.2. The van der Waals surface area contributed by atoms with Gasteiger partial charge in [-0.05, 0) is 44.4 Å². The van der Waals surface area contributed by atoms with E-state index in [0.717, 1.165) is 41.6 Å². The van der Waals surface area contributed by atoms with Gasteiger partial charge in [-0.2, -0.15) is 0 Å². The Morgan fingerprint density at radius 2 is 2.04 bits per heavy atom. The van der Waals surface area contributed by atoms with Crippen molar-refractivity contribution >= 4 is 27.3 Å². The van der Waals surface area contributed by atoms with Gasteiger partial charge in [-0.25, -0.2) is 23.1 Å². The normalized spacial score (nSPS) is 14.9. The van der Waals surface area contributed by atoms with E-state index in [0.29, 0.717) is 18.0 Å². The van der Waals surface area contributed by atoms with Crippen molar-refractivity contribution in [1.29, 1.82) is 0 Å². The second-order valence-electron chi connectivity index (χ2n) is 6.92. The first-order valence-corrected chi connectivity index (χ1v) is 11.8. The monoisotopic (exact) mass is 421 g/mol. The predicted octanol–water partition coefficient (Wildman–Crippen LogP) is 2.49. The molecule has 1 aliphatic carbocycles. The molecule has 0 aliphatic heterocycles. The average Bonchev–Trinajstić information content (AvgIpc) is 3.37. The molecule has 0 atom stereocenters. The maximum Gasteiger partial charge on any atom is 0.240 e. The quantitative estimate of drug-likeness (QED) is 0.505. The Hall–Kier alpha value is -1.97. The Labute approximate surface area is 171 Å². The maximum absolute atomic E-state index is 12.2. The van der Waals surface area contributed by atoms with E-state index in [4.69, 9.17) is 0 Å². The molecule has 0 amide bonds. The van der Waals surface area contributed by atoms with Gasteiger partial charge in [0.15, 0.2) is 5.96 Å². The van der Waals surface area contributed by atoms with Gasteiger partial charge in [0.05, 0.1) is 28.7 Å². The topological polar surface area (TPSA) is 86.7 Å². The summed E-state index contributed by atoms with van der Waals surface area (Å²) in [6, 6.07) is 7.03. The second-order valence-corrected chi connectivity index (χ2v) is 9.70. The summed E-state index contributed by atoms with van der Waals surface area (Å²) >= 11 is 1.64. The van der Waals surface area contributed by atoms with Gasteiger partial charge in [0.2, 0.25) is 10.0 Å². The number of rotatable bonds is 8. The molecule has 1 fully saturated rings. The second kappa shape index (κ2) is 9.02. The van der Waals surface area contributed by atoms with Crippen LogP contribution in [0.1, 0.15) is 36.0 Å². The van der Waals surface area contributed by atoms with E-state index in [1.165, 1.54) is 0 Å². The third kappa shape index (κ3) is 5.76. The van der Waals surface area contributed by atoms with E-state index >= 15 is 0 Å². The Bertz CT molecular complexity index is 918. The van der Waals surface area contributed by atoms with E-state index in [1.54, 1.807) is 23.5 Å². The minimum absolute atomic E-state index is 0.106. The van der Waals surface area contributed by atoms with Crippen LogP contribution in [0.2, 0.25) is 0 Å². The molecule has 0 unspecified atom stereocenters. The molecule has 9 heteroatoms. The lowest BCUT2D eigenvalue weighted by Crippen LogP contribution is -2.38. The molecule has 0 bridgehead atoms. The molecule has 2 N–H and O–H groups in total. The molecular formula is C19H27N5O2S2. The predicted molar refractivity (Wildman–Crippen MR) is 113 cm³/mol. The lowest BCUT2D eigenvalue weighted by Gasteiger charge is -2.21. The number of nitrogens with zero attached hydrogens (tertiary/aromatic N) is 3. The fourth-order valence-electron chi connectivity index (χ4n) is 2.70. The van der Waals surface area contributed by atoms with E-state index in [9.17, 15) is 8.42 Å². The smallest absolute Gasteiger partial charge is 0.240 e. The van der Waals surface area contributed by atoms with Gasteiger partial charge in [-0.3, -0.25) is 0 Å². The van der Waals surface area contributed by atoms with Crippen molar-refractivity contribution in [2.75, 3.05) is 13.6 Å². The zero-order valence-electron chi connectivity index (χ0n) is 16.5. The Balaban J connectivity index is 1.64. The largest absolute Gasteiger partial charge is 0.357 e. The number of aliphatic imine (C=N–C) groups is 1. The minimum Gasteiger partial charge on any atom is -0.357 e. The van der Waals surface area contributed by atoms with Crippen LogP contribution in [0.15, 0.2) is 39.5 Å². The fourth-order valence-corrected chi connectivity index (χ4v) is 4.61. The Morgan fingerprint density at radius 1 is 1.32 bits per heavy atom. The molecule has 1 heterocycles. The molecule has 0 radical (unpaired) electrons. The van der Waals surface area contributed by atoms with Crippen molar-refractivity contribution in [3.05, 3.63) is 45.9 Å². The van der Waals surface area contributed by atoms with Crippen molar-refractivity contribution in [3.63, 3.8) is 0 Å². The molecule has 28 heavy (non-hydrogen) atoms.